The molecule has 0 unspecified atom stereocenters. The molecule has 12 heteroatoms. The maximum Gasteiger partial charge on any atom is 0.337 e. The van der Waals surface area contributed by atoms with Gasteiger partial charge < -0.3 is 10.4 Å². The number of carboxylic acids is 1. The lowest BCUT2D eigenvalue weighted by Crippen LogP contribution is -2.09. The summed E-state index contributed by atoms with van der Waals surface area (Å²) in [7, 11) is -4.61. The molecule has 0 aliphatic rings. The first-order valence-corrected chi connectivity index (χ1v) is 6.80. The van der Waals surface area contributed by atoms with Crippen LogP contribution in [-0.2, 0) is 10.1 Å². The predicted molar refractivity (Wildman–Crippen MR) is 66.2 cm³/mol. The van der Waals surface area contributed by atoms with Gasteiger partial charge in [0.15, 0.2) is 0 Å². The van der Waals surface area contributed by atoms with Crippen molar-refractivity contribution in [3.05, 3.63) is 35.9 Å². The average molecular weight is 332 g/mol. The summed E-state index contributed by atoms with van der Waals surface area (Å²) in [4.78, 5) is 19.3. The minimum Gasteiger partial charge on any atom is -0.478 e. The van der Waals surface area contributed by atoms with Gasteiger partial charge in [-0.3, -0.25) is 4.55 Å². The lowest BCUT2D eigenvalue weighted by atomic mass is 10.2. The first kappa shape index (κ1) is 15.7. The SMILES string of the molecule is O=C(O)c1cc(S(=O)(=O)O)ccc1Nc1nc(F)nc(F)n1. The van der Waals surface area contributed by atoms with E-state index in [-0.39, 0.29) is 5.69 Å². The maximum atomic E-state index is 12.8. The highest BCUT2D eigenvalue weighted by atomic mass is 32.2. The van der Waals surface area contributed by atoms with Crippen molar-refractivity contribution in [1.82, 2.24) is 15.0 Å². The second-order valence-corrected chi connectivity index (χ2v) is 5.23. The molecule has 22 heavy (non-hydrogen) atoms. The Morgan fingerprint density at radius 2 is 1.73 bits per heavy atom. The van der Waals surface area contributed by atoms with Gasteiger partial charge in [0.25, 0.3) is 10.1 Å². The second-order valence-electron chi connectivity index (χ2n) is 3.81. The molecule has 116 valence electrons. The Bertz CT molecular complexity index is 838. The second kappa shape index (κ2) is 5.57. The number of aromatic carboxylic acids is 1. The summed E-state index contributed by atoms with van der Waals surface area (Å²) in [6, 6.07) is 2.51. The number of hydrogen-bond donors (Lipinski definition) is 3. The third-order valence-electron chi connectivity index (χ3n) is 2.35. The number of nitrogens with zero attached hydrogens (tertiary/aromatic N) is 3. The van der Waals surface area contributed by atoms with Gasteiger partial charge in [0.1, 0.15) is 0 Å². The van der Waals surface area contributed by atoms with Crippen molar-refractivity contribution in [2.24, 2.45) is 0 Å². The van der Waals surface area contributed by atoms with Crippen LogP contribution in [0.25, 0.3) is 0 Å². The highest BCUT2D eigenvalue weighted by Gasteiger charge is 2.18. The highest BCUT2D eigenvalue weighted by molar-refractivity contribution is 7.85. The van der Waals surface area contributed by atoms with E-state index in [4.69, 9.17) is 9.66 Å². The fourth-order valence-corrected chi connectivity index (χ4v) is 1.98. The summed E-state index contributed by atoms with van der Waals surface area (Å²) in [5.41, 5.74) is -0.832. The van der Waals surface area contributed by atoms with Crippen molar-refractivity contribution < 1.29 is 31.7 Å². The Balaban J connectivity index is 2.49. The standard InChI is InChI=1S/C10H6F2N4O5S/c11-8-14-9(12)16-10(15-8)13-6-2-1-4(22(19,20)21)3-5(6)7(17)18/h1-3H,(H,17,18)(H,19,20,21)(H,13,14,15,16). The fraction of sp³-hybridized carbons (Fsp3) is 0. The van der Waals surface area contributed by atoms with Crippen molar-refractivity contribution in [2.75, 3.05) is 5.32 Å². The van der Waals surface area contributed by atoms with Crippen LogP contribution in [0.4, 0.5) is 20.4 Å². The smallest absolute Gasteiger partial charge is 0.337 e. The van der Waals surface area contributed by atoms with Crippen LogP contribution in [0, 0.1) is 12.2 Å². The van der Waals surface area contributed by atoms with Crippen LogP contribution in [0.15, 0.2) is 23.1 Å². The highest BCUT2D eigenvalue weighted by Crippen LogP contribution is 2.23. The van der Waals surface area contributed by atoms with Crippen molar-refractivity contribution in [1.29, 1.82) is 0 Å². The van der Waals surface area contributed by atoms with Crippen LogP contribution in [0.1, 0.15) is 10.4 Å². The van der Waals surface area contributed by atoms with Gasteiger partial charge in [-0.2, -0.15) is 32.2 Å². The van der Waals surface area contributed by atoms with E-state index >= 15 is 0 Å². The topological polar surface area (TPSA) is 142 Å². The first-order chi connectivity index (χ1) is 10.2. The molecule has 0 amide bonds. The molecular weight excluding hydrogens is 326 g/mol. The molecule has 1 heterocycles. The summed E-state index contributed by atoms with van der Waals surface area (Å²) in [6.07, 6.45) is -2.86. The Morgan fingerprint density at radius 3 is 2.23 bits per heavy atom. The van der Waals surface area contributed by atoms with Gasteiger partial charge in [0.2, 0.25) is 5.95 Å². The zero-order valence-corrected chi connectivity index (χ0v) is 11.2. The van der Waals surface area contributed by atoms with Crippen molar-refractivity contribution in [3.63, 3.8) is 0 Å². The van der Waals surface area contributed by atoms with Crippen LogP contribution in [0.3, 0.4) is 0 Å². The molecule has 0 aliphatic carbocycles. The zero-order valence-electron chi connectivity index (χ0n) is 10.4. The minimum absolute atomic E-state index is 0.245. The van der Waals surface area contributed by atoms with E-state index in [1.807, 2.05) is 0 Å². The molecule has 9 nitrogen and oxygen atoms in total. The molecule has 0 radical (unpaired) electrons. The molecule has 0 saturated carbocycles. The number of halogens is 2. The van der Waals surface area contributed by atoms with Crippen molar-refractivity contribution >= 4 is 27.7 Å². The summed E-state index contributed by atoms with van der Waals surface area (Å²) in [6.45, 7) is 0. The van der Waals surface area contributed by atoms with E-state index in [0.29, 0.717) is 6.07 Å². The predicted octanol–water partition coefficient (Wildman–Crippen LogP) is 0.838. The molecule has 1 aromatic heterocycles. The van der Waals surface area contributed by atoms with E-state index in [1.54, 1.807) is 0 Å². The number of carbonyl (C=O) groups is 1. The average Bonchev–Trinajstić information content (AvgIpc) is 2.36. The number of anilines is 2. The van der Waals surface area contributed by atoms with E-state index in [2.05, 4.69) is 20.3 Å². The summed E-state index contributed by atoms with van der Waals surface area (Å²) >= 11 is 0. The molecule has 2 rings (SSSR count). The maximum absolute atomic E-state index is 12.8. The summed E-state index contributed by atoms with van der Waals surface area (Å²) in [5.74, 6) is -2.17. The third-order valence-corrected chi connectivity index (χ3v) is 3.20. The molecule has 0 bridgehead atoms. The Morgan fingerprint density at radius 1 is 1.14 bits per heavy atom. The van der Waals surface area contributed by atoms with Gasteiger partial charge >= 0.3 is 18.1 Å². The summed E-state index contributed by atoms with van der Waals surface area (Å²) in [5, 5.41) is 11.2. The normalized spacial score (nSPS) is 11.2. The molecule has 0 saturated heterocycles. The molecular formula is C10H6F2N4O5S. The quantitative estimate of drug-likeness (QED) is 0.694. The monoisotopic (exact) mass is 332 g/mol. The van der Waals surface area contributed by atoms with E-state index in [9.17, 15) is 22.0 Å². The number of carboxylic acid groups (broad SMARTS) is 1. The lowest BCUT2D eigenvalue weighted by molar-refractivity contribution is 0.0697. The van der Waals surface area contributed by atoms with Gasteiger partial charge in [-0.15, -0.1) is 0 Å². The molecule has 0 atom stereocenters. The van der Waals surface area contributed by atoms with Gasteiger partial charge in [0.05, 0.1) is 16.1 Å². The fourth-order valence-electron chi connectivity index (χ4n) is 1.47. The van der Waals surface area contributed by atoms with Crippen LogP contribution in [0.5, 0.6) is 0 Å². The molecule has 2 aromatic rings. The Kier molecular flexibility index (Phi) is 3.97. The van der Waals surface area contributed by atoms with Gasteiger partial charge in [-0.25, -0.2) is 4.79 Å². The molecule has 0 aliphatic heterocycles. The van der Waals surface area contributed by atoms with Gasteiger partial charge in [-0.05, 0) is 18.2 Å². The number of rotatable bonds is 4. The van der Waals surface area contributed by atoms with Crippen molar-refractivity contribution in [2.45, 2.75) is 4.90 Å². The molecule has 0 fully saturated rings. The number of benzene rings is 1. The molecule has 1 aromatic carbocycles. The zero-order chi connectivity index (χ0) is 16.5. The largest absolute Gasteiger partial charge is 0.478 e. The lowest BCUT2D eigenvalue weighted by Gasteiger charge is -2.09. The number of aromatic nitrogens is 3. The summed E-state index contributed by atoms with van der Waals surface area (Å²) < 4.78 is 56.5. The van der Waals surface area contributed by atoms with Crippen LogP contribution >= 0.6 is 0 Å². The van der Waals surface area contributed by atoms with Gasteiger partial charge in [0, 0.05) is 0 Å². The van der Waals surface area contributed by atoms with Gasteiger partial charge in [-0.1, -0.05) is 0 Å². The van der Waals surface area contributed by atoms with Crippen LogP contribution < -0.4 is 5.32 Å². The van der Waals surface area contributed by atoms with Crippen molar-refractivity contribution in [3.8, 4) is 0 Å². The molecule has 3 N–H and O–H groups in total. The number of nitrogens with one attached hydrogen (secondary N) is 1. The number of hydrogen-bond acceptors (Lipinski definition) is 7. The molecule has 0 spiro atoms. The van der Waals surface area contributed by atoms with Crippen LogP contribution in [-0.4, -0.2) is 39.0 Å². The Labute approximate surface area is 121 Å². The van der Waals surface area contributed by atoms with Crippen LogP contribution in [0.2, 0.25) is 0 Å². The minimum atomic E-state index is -4.61. The third kappa shape index (κ3) is 3.48. The Hall–Kier alpha value is -2.73. The first-order valence-electron chi connectivity index (χ1n) is 5.36. The van der Waals surface area contributed by atoms with E-state index in [0.717, 1.165) is 12.1 Å². The van der Waals surface area contributed by atoms with E-state index < -0.39 is 44.7 Å². The van der Waals surface area contributed by atoms with E-state index in [1.165, 1.54) is 0 Å².